The van der Waals surface area contributed by atoms with Crippen molar-refractivity contribution in [2.24, 2.45) is 52.8 Å². The van der Waals surface area contributed by atoms with E-state index in [1.54, 1.807) is 0 Å². The van der Waals surface area contributed by atoms with Gasteiger partial charge in [0, 0.05) is 24.9 Å². The molecule has 5 fully saturated rings. The molecule has 4 nitrogen and oxygen atoms in total. The van der Waals surface area contributed by atoms with Crippen molar-refractivity contribution in [3.63, 3.8) is 0 Å². The van der Waals surface area contributed by atoms with Crippen molar-refractivity contribution in [2.75, 3.05) is 6.54 Å². The third-order valence-corrected chi connectivity index (χ3v) is 11.2. The van der Waals surface area contributed by atoms with Gasteiger partial charge in [-0.25, -0.2) is 0 Å². The molecular weight excluding hydrogens is 386 g/mol. The van der Waals surface area contributed by atoms with Crippen molar-refractivity contribution in [1.29, 1.82) is 0 Å². The minimum absolute atomic E-state index is 0.0378. The molecule has 0 aromatic carbocycles. The number of allylic oxidation sites excluding steroid dienone is 1. The third kappa shape index (κ3) is 2.75. The lowest BCUT2D eigenvalue weighted by Gasteiger charge is -2.55. The lowest BCUT2D eigenvalue weighted by Crippen LogP contribution is -2.61. The van der Waals surface area contributed by atoms with E-state index >= 15 is 0 Å². The van der Waals surface area contributed by atoms with Crippen LogP contribution in [0.2, 0.25) is 0 Å². The molecule has 6 rings (SSSR count). The fourth-order valence-electron chi connectivity index (χ4n) is 9.61. The molecular formula is C27H39NO3. The molecule has 0 unspecified atom stereocenters. The standard InChI is InChI=1S/C27H39NO3/c1-14-4-7-22-15(2)18-5-6-19-20(24(18)26(31)28(22)13-14)12-21-25(19)23(30)11-16-10-17(29)8-9-27(16,21)3/h10,14-15,18-25,30H,4-9,11-13H2,1-3H3/t14-,15-,18-,19-,20-,21+,22+,23+,24-,25+,27+/m1/s1. The minimum atomic E-state index is -0.347. The first-order valence-electron chi connectivity index (χ1n) is 13.0. The highest BCUT2D eigenvalue weighted by molar-refractivity contribution is 5.91. The molecule has 3 saturated carbocycles. The topological polar surface area (TPSA) is 57.6 Å². The second kappa shape index (κ2) is 6.92. The van der Waals surface area contributed by atoms with Gasteiger partial charge in [-0.05, 0) is 97.9 Å². The number of rotatable bonds is 0. The molecule has 2 aliphatic heterocycles. The summed E-state index contributed by atoms with van der Waals surface area (Å²) in [6, 6.07) is 0.451. The van der Waals surface area contributed by atoms with E-state index in [2.05, 4.69) is 25.7 Å². The second-order valence-corrected chi connectivity index (χ2v) is 12.4. The molecule has 1 N–H and O–H groups in total. The highest BCUT2D eigenvalue weighted by atomic mass is 16.3. The molecule has 11 atom stereocenters. The highest BCUT2D eigenvalue weighted by Gasteiger charge is 2.63. The number of aliphatic hydroxyl groups excluding tert-OH is 1. The van der Waals surface area contributed by atoms with Crippen molar-refractivity contribution in [3.8, 4) is 0 Å². The molecule has 0 aromatic heterocycles. The van der Waals surface area contributed by atoms with Gasteiger partial charge in [0.15, 0.2) is 5.78 Å². The fraction of sp³-hybridized carbons (Fsp3) is 0.852. The summed E-state index contributed by atoms with van der Waals surface area (Å²) < 4.78 is 0. The van der Waals surface area contributed by atoms with Crippen molar-refractivity contribution < 1.29 is 14.7 Å². The van der Waals surface area contributed by atoms with Crippen LogP contribution in [0.4, 0.5) is 0 Å². The molecule has 170 valence electrons. The average molecular weight is 426 g/mol. The largest absolute Gasteiger partial charge is 0.392 e. The van der Waals surface area contributed by atoms with Crippen LogP contribution in [0.3, 0.4) is 0 Å². The van der Waals surface area contributed by atoms with E-state index in [9.17, 15) is 14.7 Å². The first kappa shape index (κ1) is 20.4. The number of hydrogen-bond donors (Lipinski definition) is 1. The second-order valence-electron chi connectivity index (χ2n) is 12.4. The summed E-state index contributed by atoms with van der Waals surface area (Å²) in [5.74, 6) is 4.21. The Balaban J connectivity index is 1.35. The van der Waals surface area contributed by atoms with Crippen LogP contribution in [0.1, 0.15) is 72.1 Å². The van der Waals surface area contributed by atoms with E-state index in [0.29, 0.717) is 66.2 Å². The van der Waals surface area contributed by atoms with Gasteiger partial charge in [0.1, 0.15) is 0 Å². The Kier molecular flexibility index (Phi) is 4.56. The van der Waals surface area contributed by atoms with E-state index in [0.717, 1.165) is 25.8 Å². The van der Waals surface area contributed by atoms with E-state index in [-0.39, 0.29) is 23.2 Å². The van der Waals surface area contributed by atoms with Gasteiger partial charge in [0.05, 0.1) is 6.10 Å². The van der Waals surface area contributed by atoms with Gasteiger partial charge < -0.3 is 10.0 Å². The summed E-state index contributed by atoms with van der Waals surface area (Å²) in [4.78, 5) is 28.3. The number of hydrogen-bond acceptors (Lipinski definition) is 3. The average Bonchev–Trinajstić information content (AvgIpc) is 3.14. The summed E-state index contributed by atoms with van der Waals surface area (Å²) in [5, 5.41) is 11.2. The SMILES string of the molecule is C[C@@H]1CC[C@H]2[C@H](C)[C@H]3CC[C@@H]4[C@@H](C[C@H]5[C@H]4[C@@H](O)CC4=CC(=O)CC[C@@]45C)[C@@H]3C(=O)N2C1. The molecule has 0 spiro atoms. The first-order chi connectivity index (χ1) is 14.8. The summed E-state index contributed by atoms with van der Waals surface area (Å²) in [7, 11) is 0. The molecule has 31 heavy (non-hydrogen) atoms. The highest BCUT2D eigenvalue weighted by Crippen LogP contribution is 2.66. The molecule has 0 radical (unpaired) electrons. The van der Waals surface area contributed by atoms with Crippen LogP contribution in [-0.4, -0.2) is 40.4 Å². The quantitative estimate of drug-likeness (QED) is 0.632. The van der Waals surface area contributed by atoms with E-state index in [1.807, 2.05) is 6.08 Å². The number of carbonyl (C=O) groups excluding carboxylic acids is 2. The number of carbonyl (C=O) groups is 2. The normalized spacial score (nSPS) is 53.7. The maximum atomic E-state index is 13.9. The summed E-state index contributed by atoms with van der Waals surface area (Å²) in [5.41, 5.74) is 1.23. The van der Waals surface area contributed by atoms with Crippen LogP contribution < -0.4 is 0 Å². The fourth-order valence-corrected chi connectivity index (χ4v) is 9.61. The van der Waals surface area contributed by atoms with Gasteiger partial charge in [-0.3, -0.25) is 9.59 Å². The van der Waals surface area contributed by atoms with Crippen LogP contribution in [0, 0.1) is 52.8 Å². The van der Waals surface area contributed by atoms with Gasteiger partial charge in [0.25, 0.3) is 0 Å². The molecule has 4 heteroatoms. The van der Waals surface area contributed by atoms with Gasteiger partial charge in [-0.15, -0.1) is 0 Å². The van der Waals surface area contributed by atoms with Crippen molar-refractivity contribution >= 4 is 11.7 Å². The number of nitrogens with zero attached hydrogens (tertiary/aromatic N) is 1. The van der Waals surface area contributed by atoms with Gasteiger partial charge >= 0.3 is 0 Å². The number of piperidine rings is 2. The van der Waals surface area contributed by atoms with Gasteiger partial charge in [-0.2, -0.15) is 0 Å². The van der Waals surface area contributed by atoms with Crippen molar-refractivity contribution in [2.45, 2.75) is 84.3 Å². The van der Waals surface area contributed by atoms with Crippen molar-refractivity contribution in [3.05, 3.63) is 11.6 Å². The Bertz CT molecular complexity index is 834. The number of aliphatic hydroxyl groups is 1. The van der Waals surface area contributed by atoms with Crippen LogP contribution in [-0.2, 0) is 9.59 Å². The zero-order valence-electron chi connectivity index (χ0n) is 19.4. The lowest BCUT2D eigenvalue weighted by atomic mass is 9.55. The number of fused-ring (bicyclic) bond motifs is 8. The Morgan fingerprint density at radius 2 is 1.84 bits per heavy atom. The van der Waals surface area contributed by atoms with Gasteiger partial charge in [0.2, 0.25) is 5.91 Å². The lowest BCUT2D eigenvalue weighted by molar-refractivity contribution is -0.162. The molecule has 1 amide bonds. The maximum Gasteiger partial charge on any atom is 0.226 e. The molecule has 2 heterocycles. The molecule has 0 aromatic rings. The monoisotopic (exact) mass is 425 g/mol. The molecule has 0 bridgehead atoms. The summed E-state index contributed by atoms with van der Waals surface area (Å²) >= 11 is 0. The van der Waals surface area contributed by atoms with E-state index in [4.69, 9.17) is 0 Å². The predicted octanol–water partition coefficient (Wildman–Crippen LogP) is 4.22. The van der Waals surface area contributed by atoms with Crippen LogP contribution in [0.5, 0.6) is 0 Å². The van der Waals surface area contributed by atoms with Gasteiger partial charge in [-0.1, -0.05) is 26.3 Å². The summed E-state index contributed by atoms with van der Waals surface area (Å²) in [6.07, 6.45) is 9.59. The summed E-state index contributed by atoms with van der Waals surface area (Å²) in [6.45, 7) is 8.02. The van der Waals surface area contributed by atoms with Crippen LogP contribution >= 0.6 is 0 Å². The van der Waals surface area contributed by atoms with Crippen LogP contribution in [0.15, 0.2) is 11.6 Å². The Hall–Kier alpha value is -1.16. The first-order valence-corrected chi connectivity index (χ1v) is 13.0. The van der Waals surface area contributed by atoms with E-state index in [1.165, 1.54) is 24.8 Å². The van der Waals surface area contributed by atoms with Crippen LogP contribution in [0.25, 0.3) is 0 Å². The van der Waals surface area contributed by atoms with E-state index < -0.39 is 0 Å². The number of amides is 1. The smallest absolute Gasteiger partial charge is 0.226 e. The Labute approximate surface area is 186 Å². The minimum Gasteiger partial charge on any atom is -0.392 e. The Morgan fingerprint density at radius 3 is 2.65 bits per heavy atom. The predicted molar refractivity (Wildman–Crippen MR) is 119 cm³/mol. The number of ketones is 1. The third-order valence-electron chi connectivity index (χ3n) is 11.2. The zero-order chi connectivity index (χ0) is 21.7. The molecule has 6 aliphatic rings. The molecule has 2 saturated heterocycles. The zero-order valence-corrected chi connectivity index (χ0v) is 19.4. The molecule has 4 aliphatic carbocycles. The van der Waals surface area contributed by atoms with Crippen molar-refractivity contribution in [1.82, 2.24) is 4.90 Å². The Morgan fingerprint density at radius 1 is 1.06 bits per heavy atom. The maximum absolute atomic E-state index is 13.9.